The van der Waals surface area contributed by atoms with E-state index in [0.29, 0.717) is 30.3 Å². The molecule has 29 heavy (non-hydrogen) atoms. The minimum atomic E-state index is -1.18. The average Bonchev–Trinajstić information content (AvgIpc) is 2.76. The van der Waals surface area contributed by atoms with Crippen molar-refractivity contribution in [3.8, 4) is 11.5 Å². The molecule has 2 aromatic carbocycles. The van der Waals surface area contributed by atoms with Crippen LogP contribution >= 0.6 is 0 Å². The van der Waals surface area contributed by atoms with Crippen molar-refractivity contribution in [1.29, 1.82) is 0 Å². The molecule has 0 radical (unpaired) electrons. The highest BCUT2D eigenvalue weighted by atomic mass is 16.7. The summed E-state index contributed by atoms with van der Waals surface area (Å²) in [6.07, 6.45) is 0. The molecule has 0 aliphatic rings. The largest absolute Gasteiger partial charge is 0.493 e. The Morgan fingerprint density at radius 3 is 2.59 bits per heavy atom. The summed E-state index contributed by atoms with van der Waals surface area (Å²) >= 11 is 0. The SMILES string of the molecule is COCCOCOC(=O)[C@H](N=[N+]=[N-])c1ccc(OC)c(OCc2ccccc2)c1. The molecule has 1 atom stereocenters. The van der Waals surface area contributed by atoms with Crippen molar-refractivity contribution in [3.63, 3.8) is 0 Å². The lowest BCUT2D eigenvalue weighted by atomic mass is 10.1. The van der Waals surface area contributed by atoms with Gasteiger partial charge in [-0.15, -0.1) is 0 Å². The quantitative estimate of drug-likeness (QED) is 0.134. The van der Waals surface area contributed by atoms with Crippen molar-refractivity contribution in [2.75, 3.05) is 34.2 Å². The van der Waals surface area contributed by atoms with Crippen molar-refractivity contribution < 1.29 is 28.5 Å². The summed E-state index contributed by atoms with van der Waals surface area (Å²) in [5.41, 5.74) is 10.2. The number of hydrogen-bond acceptors (Lipinski definition) is 7. The lowest BCUT2D eigenvalue weighted by Crippen LogP contribution is -2.17. The van der Waals surface area contributed by atoms with Gasteiger partial charge >= 0.3 is 5.97 Å². The number of carbonyl (C=O) groups is 1. The molecule has 0 fully saturated rings. The van der Waals surface area contributed by atoms with Gasteiger partial charge in [0, 0.05) is 12.0 Å². The third-order valence-corrected chi connectivity index (χ3v) is 3.85. The highest BCUT2D eigenvalue weighted by molar-refractivity contribution is 5.78. The summed E-state index contributed by atoms with van der Waals surface area (Å²) in [6, 6.07) is 13.3. The summed E-state index contributed by atoms with van der Waals surface area (Å²) in [6.45, 7) is 0.686. The molecule has 0 saturated heterocycles. The van der Waals surface area contributed by atoms with Crippen LogP contribution in [0.5, 0.6) is 11.5 Å². The van der Waals surface area contributed by atoms with Crippen LogP contribution in [0.2, 0.25) is 0 Å². The smallest absolute Gasteiger partial charge is 0.321 e. The Morgan fingerprint density at radius 2 is 1.90 bits per heavy atom. The van der Waals surface area contributed by atoms with E-state index in [2.05, 4.69) is 10.0 Å². The molecule has 0 bridgehead atoms. The first-order chi connectivity index (χ1) is 14.2. The van der Waals surface area contributed by atoms with Gasteiger partial charge in [-0.25, -0.2) is 0 Å². The van der Waals surface area contributed by atoms with Gasteiger partial charge < -0.3 is 23.7 Å². The monoisotopic (exact) mass is 401 g/mol. The van der Waals surface area contributed by atoms with Crippen molar-refractivity contribution >= 4 is 5.97 Å². The third kappa shape index (κ3) is 7.00. The molecule has 0 aromatic heterocycles. The molecule has 0 saturated carbocycles. The summed E-state index contributed by atoms with van der Waals surface area (Å²) in [7, 11) is 3.05. The predicted octanol–water partition coefficient (Wildman–Crippen LogP) is 3.79. The molecule has 0 aliphatic carbocycles. The van der Waals surface area contributed by atoms with Gasteiger partial charge in [-0.1, -0.05) is 41.5 Å². The van der Waals surface area contributed by atoms with Crippen LogP contribution in [-0.2, 0) is 25.6 Å². The predicted molar refractivity (Wildman–Crippen MR) is 104 cm³/mol. The van der Waals surface area contributed by atoms with Crippen molar-refractivity contribution in [2.45, 2.75) is 12.6 Å². The number of hydrogen-bond donors (Lipinski definition) is 0. The standard InChI is InChI=1S/C20H23N3O6/c1-25-10-11-27-14-29-20(24)19(22-23-21)16-8-9-17(26-2)18(12-16)28-13-15-6-4-3-5-7-15/h3-9,12,19H,10-11,13-14H2,1-2H3/t19-/m1/s1. The van der Waals surface area contributed by atoms with Crippen molar-refractivity contribution in [3.05, 3.63) is 70.1 Å². The lowest BCUT2D eigenvalue weighted by molar-refractivity contribution is -0.158. The Balaban J connectivity index is 2.12. The molecular weight excluding hydrogens is 378 g/mol. The van der Waals surface area contributed by atoms with Crippen LogP contribution in [0.3, 0.4) is 0 Å². The van der Waals surface area contributed by atoms with Gasteiger partial charge in [-0.3, -0.25) is 4.79 Å². The van der Waals surface area contributed by atoms with Crippen molar-refractivity contribution in [2.24, 2.45) is 5.11 Å². The van der Waals surface area contributed by atoms with Gasteiger partial charge in [0.25, 0.3) is 0 Å². The first-order valence-corrected chi connectivity index (χ1v) is 8.81. The number of esters is 1. The third-order valence-electron chi connectivity index (χ3n) is 3.85. The average molecular weight is 401 g/mol. The maximum absolute atomic E-state index is 12.3. The molecule has 9 heteroatoms. The number of methoxy groups -OCH3 is 2. The highest BCUT2D eigenvalue weighted by Crippen LogP contribution is 2.32. The van der Waals surface area contributed by atoms with Gasteiger partial charge in [0.2, 0.25) is 0 Å². The topological polar surface area (TPSA) is 112 Å². The summed E-state index contributed by atoms with van der Waals surface area (Å²) < 4.78 is 26.1. The Morgan fingerprint density at radius 1 is 1.10 bits per heavy atom. The molecule has 0 N–H and O–H groups in total. The Bertz CT molecular complexity index is 824. The summed E-state index contributed by atoms with van der Waals surface area (Å²) in [5.74, 6) is 0.163. The molecule has 0 amide bonds. The van der Waals surface area contributed by atoms with Crippen LogP contribution in [0.1, 0.15) is 17.2 Å². The van der Waals surface area contributed by atoms with E-state index in [4.69, 9.17) is 29.2 Å². The Hall–Kier alpha value is -3.26. The fraction of sp³-hybridized carbons (Fsp3) is 0.350. The number of carbonyl (C=O) groups excluding carboxylic acids is 1. The number of azide groups is 1. The fourth-order valence-corrected chi connectivity index (χ4v) is 2.39. The zero-order valence-corrected chi connectivity index (χ0v) is 16.3. The fourth-order valence-electron chi connectivity index (χ4n) is 2.39. The normalized spacial score (nSPS) is 11.2. The molecule has 0 heterocycles. The van der Waals surface area contributed by atoms with E-state index in [9.17, 15) is 4.79 Å². The van der Waals surface area contributed by atoms with Gasteiger partial charge in [0.1, 0.15) is 6.61 Å². The molecule has 154 valence electrons. The van der Waals surface area contributed by atoms with E-state index in [0.717, 1.165) is 5.56 Å². The number of benzene rings is 2. The molecular formula is C20H23N3O6. The van der Waals surface area contributed by atoms with E-state index in [1.807, 2.05) is 30.3 Å². The van der Waals surface area contributed by atoms with E-state index < -0.39 is 12.0 Å². The minimum Gasteiger partial charge on any atom is -0.493 e. The minimum absolute atomic E-state index is 0.271. The lowest BCUT2D eigenvalue weighted by Gasteiger charge is -2.15. The van der Waals surface area contributed by atoms with E-state index >= 15 is 0 Å². The molecule has 0 aliphatic heterocycles. The molecule has 2 rings (SSSR count). The molecule has 2 aromatic rings. The van der Waals surface area contributed by atoms with Crippen LogP contribution in [0.15, 0.2) is 53.6 Å². The van der Waals surface area contributed by atoms with Crippen LogP contribution in [0.4, 0.5) is 0 Å². The summed E-state index contributed by atoms with van der Waals surface area (Å²) in [4.78, 5) is 15.1. The number of rotatable bonds is 12. The Kier molecular flexibility index (Phi) is 9.31. The van der Waals surface area contributed by atoms with Crippen LogP contribution in [0.25, 0.3) is 10.4 Å². The van der Waals surface area contributed by atoms with E-state index in [1.165, 1.54) is 14.2 Å². The van der Waals surface area contributed by atoms with Gasteiger partial charge in [-0.2, -0.15) is 0 Å². The van der Waals surface area contributed by atoms with Crippen LogP contribution in [-0.4, -0.2) is 40.2 Å². The Labute approximate surface area is 168 Å². The van der Waals surface area contributed by atoms with Gasteiger partial charge in [0.05, 0.1) is 20.3 Å². The second kappa shape index (κ2) is 12.2. The van der Waals surface area contributed by atoms with Crippen molar-refractivity contribution in [1.82, 2.24) is 0 Å². The van der Waals surface area contributed by atoms with Gasteiger partial charge in [-0.05, 0) is 28.8 Å². The zero-order chi connectivity index (χ0) is 20.9. The van der Waals surface area contributed by atoms with E-state index in [-0.39, 0.29) is 13.4 Å². The van der Waals surface area contributed by atoms with Crippen LogP contribution < -0.4 is 9.47 Å². The summed E-state index contributed by atoms with van der Waals surface area (Å²) in [5, 5.41) is 3.55. The van der Waals surface area contributed by atoms with Crippen LogP contribution in [0, 0.1) is 0 Å². The van der Waals surface area contributed by atoms with Gasteiger partial charge in [0.15, 0.2) is 24.3 Å². The number of nitrogens with zero attached hydrogens (tertiary/aromatic N) is 3. The van der Waals surface area contributed by atoms with E-state index in [1.54, 1.807) is 18.2 Å². The maximum atomic E-state index is 12.3. The maximum Gasteiger partial charge on any atom is 0.321 e. The first-order valence-electron chi connectivity index (χ1n) is 8.81. The second-order valence-corrected chi connectivity index (χ2v) is 5.77. The number of ether oxygens (including phenoxy) is 5. The molecule has 9 nitrogen and oxygen atoms in total. The molecule has 0 unspecified atom stereocenters. The first kappa shape index (κ1) is 22.0. The molecule has 0 spiro atoms. The zero-order valence-electron chi connectivity index (χ0n) is 16.3. The highest BCUT2D eigenvalue weighted by Gasteiger charge is 2.23. The second-order valence-electron chi connectivity index (χ2n) is 5.77.